The molecule has 1 saturated carbocycles. The highest BCUT2D eigenvalue weighted by Crippen LogP contribution is 2.22. The molecule has 1 aliphatic carbocycles. The van der Waals surface area contributed by atoms with Crippen LogP contribution in [-0.4, -0.2) is 35.7 Å². The van der Waals surface area contributed by atoms with E-state index in [1.54, 1.807) is 12.1 Å². The SMILES string of the molecule is CN(C1CCCCC1)N(CC(N)=O)N=O. The highest BCUT2D eigenvalue weighted by molar-refractivity contribution is 5.75. The molecular formula is C9H18N4O2. The van der Waals surface area contributed by atoms with Crippen LogP contribution in [0.15, 0.2) is 5.29 Å². The summed E-state index contributed by atoms with van der Waals surface area (Å²) in [4.78, 5) is 21.3. The Morgan fingerprint density at radius 1 is 1.40 bits per heavy atom. The molecular weight excluding hydrogens is 196 g/mol. The molecule has 0 spiro atoms. The van der Waals surface area contributed by atoms with Crippen LogP contribution < -0.4 is 5.73 Å². The number of nitrogens with zero attached hydrogens (tertiary/aromatic N) is 3. The van der Waals surface area contributed by atoms with Gasteiger partial charge in [-0.3, -0.25) is 4.79 Å². The number of carbonyl (C=O) groups excluding carboxylic acids is 1. The summed E-state index contributed by atoms with van der Waals surface area (Å²) < 4.78 is 0. The van der Waals surface area contributed by atoms with Gasteiger partial charge >= 0.3 is 0 Å². The van der Waals surface area contributed by atoms with Crippen molar-refractivity contribution in [2.45, 2.75) is 38.1 Å². The number of hydrogen-bond acceptors (Lipinski definition) is 4. The second kappa shape index (κ2) is 5.65. The van der Waals surface area contributed by atoms with Crippen molar-refractivity contribution in [3.63, 3.8) is 0 Å². The van der Waals surface area contributed by atoms with E-state index in [4.69, 9.17) is 5.73 Å². The van der Waals surface area contributed by atoms with Crippen molar-refractivity contribution in [3.05, 3.63) is 4.91 Å². The van der Waals surface area contributed by atoms with Crippen LogP contribution >= 0.6 is 0 Å². The van der Waals surface area contributed by atoms with Crippen LogP contribution in [0.3, 0.4) is 0 Å². The summed E-state index contributed by atoms with van der Waals surface area (Å²) in [5.74, 6) is -0.544. The summed E-state index contributed by atoms with van der Waals surface area (Å²) in [5.41, 5.74) is 5.03. The van der Waals surface area contributed by atoms with Gasteiger partial charge in [0.1, 0.15) is 6.54 Å². The second-order valence-electron chi connectivity index (χ2n) is 3.94. The summed E-state index contributed by atoms with van der Waals surface area (Å²) in [5, 5.41) is 5.65. The van der Waals surface area contributed by atoms with Crippen LogP contribution in [0, 0.1) is 4.91 Å². The molecule has 1 amide bonds. The lowest BCUT2D eigenvalue weighted by molar-refractivity contribution is -0.126. The van der Waals surface area contributed by atoms with Gasteiger partial charge in [-0.05, 0) is 12.8 Å². The maximum absolute atomic E-state index is 10.7. The maximum atomic E-state index is 10.7. The molecule has 0 radical (unpaired) electrons. The van der Waals surface area contributed by atoms with E-state index in [9.17, 15) is 9.70 Å². The molecule has 0 aliphatic heterocycles. The first-order valence-electron chi connectivity index (χ1n) is 5.27. The van der Waals surface area contributed by atoms with Gasteiger partial charge in [0, 0.05) is 13.1 Å². The minimum atomic E-state index is -0.544. The van der Waals surface area contributed by atoms with Crippen molar-refractivity contribution in [2.24, 2.45) is 11.0 Å². The van der Waals surface area contributed by atoms with Crippen LogP contribution in [0.4, 0.5) is 0 Å². The van der Waals surface area contributed by atoms with Crippen LogP contribution in [0.1, 0.15) is 32.1 Å². The van der Waals surface area contributed by atoms with Crippen LogP contribution in [0.5, 0.6) is 0 Å². The Morgan fingerprint density at radius 2 is 2.00 bits per heavy atom. The maximum Gasteiger partial charge on any atom is 0.240 e. The monoisotopic (exact) mass is 214 g/mol. The second-order valence-corrected chi connectivity index (χ2v) is 3.94. The van der Waals surface area contributed by atoms with Gasteiger partial charge in [0.25, 0.3) is 0 Å². The first kappa shape index (κ1) is 11.9. The minimum Gasteiger partial charge on any atom is -0.368 e. The zero-order valence-electron chi connectivity index (χ0n) is 9.06. The number of rotatable bonds is 5. The Hall–Kier alpha value is -1.17. The van der Waals surface area contributed by atoms with Crippen molar-refractivity contribution in [1.82, 2.24) is 10.1 Å². The first-order chi connectivity index (χ1) is 7.15. The van der Waals surface area contributed by atoms with E-state index in [1.165, 1.54) is 6.42 Å². The number of hydrazine groups is 1. The molecule has 6 heteroatoms. The predicted octanol–water partition coefficient (Wildman–Crippen LogP) is 0.635. The third kappa shape index (κ3) is 3.47. The molecule has 0 saturated heterocycles. The molecule has 1 aliphatic rings. The smallest absolute Gasteiger partial charge is 0.240 e. The molecule has 0 aromatic rings. The van der Waals surface area contributed by atoms with Crippen molar-refractivity contribution in [1.29, 1.82) is 0 Å². The normalized spacial score (nSPS) is 17.7. The Kier molecular flexibility index (Phi) is 4.48. The fourth-order valence-electron chi connectivity index (χ4n) is 1.98. The van der Waals surface area contributed by atoms with E-state index >= 15 is 0 Å². The molecule has 0 heterocycles. The Morgan fingerprint density at radius 3 is 2.47 bits per heavy atom. The lowest BCUT2D eigenvalue weighted by Crippen LogP contribution is -2.47. The third-order valence-electron chi connectivity index (χ3n) is 2.86. The highest BCUT2D eigenvalue weighted by Gasteiger charge is 2.23. The predicted molar refractivity (Wildman–Crippen MR) is 56.3 cm³/mol. The summed E-state index contributed by atoms with van der Waals surface area (Å²) >= 11 is 0. The van der Waals surface area contributed by atoms with Crippen LogP contribution in [0.2, 0.25) is 0 Å². The Bertz CT molecular complexity index is 228. The summed E-state index contributed by atoms with van der Waals surface area (Å²) in [7, 11) is 1.78. The molecule has 0 atom stereocenters. The number of carbonyl (C=O) groups is 1. The van der Waals surface area contributed by atoms with Crippen molar-refractivity contribution < 1.29 is 4.79 Å². The number of primary amides is 1. The molecule has 15 heavy (non-hydrogen) atoms. The minimum absolute atomic E-state index is 0.142. The average molecular weight is 214 g/mol. The lowest BCUT2D eigenvalue weighted by Gasteiger charge is -2.35. The summed E-state index contributed by atoms with van der Waals surface area (Å²) in [6.45, 7) is -0.142. The number of nitroso groups, excluding NO2 is 1. The van der Waals surface area contributed by atoms with E-state index in [0.717, 1.165) is 30.8 Å². The van der Waals surface area contributed by atoms with E-state index in [-0.39, 0.29) is 6.54 Å². The number of hydrogen-bond donors (Lipinski definition) is 1. The average Bonchev–Trinajstić information content (AvgIpc) is 2.26. The van der Waals surface area contributed by atoms with Crippen LogP contribution in [0.25, 0.3) is 0 Å². The van der Waals surface area contributed by atoms with Crippen molar-refractivity contribution in [3.8, 4) is 0 Å². The highest BCUT2D eigenvalue weighted by atomic mass is 16.3. The molecule has 86 valence electrons. The van der Waals surface area contributed by atoms with Gasteiger partial charge in [0.2, 0.25) is 5.91 Å². The zero-order valence-corrected chi connectivity index (χ0v) is 9.06. The van der Waals surface area contributed by atoms with Gasteiger partial charge in [-0.2, -0.15) is 5.12 Å². The quantitative estimate of drug-likeness (QED) is 0.538. The van der Waals surface area contributed by atoms with E-state index in [2.05, 4.69) is 5.29 Å². The van der Waals surface area contributed by atoms with Gasteiger partial charge in [0.05, 0.1) is 5.29 Å². The Balaban J connectivity index is 2.50. The van der Waals surface area contributed by atoms with Gasteiger partial charge in [-0.15, -0.1) is 4.91 Å². The molecule has 1 fully saturated rings. The molecule has 0 bridgehead atoms. The van der Waals surface area contributed by atoms with Crippen molar-refractivity contribution in [2.75, 3.05) is 13.6 Å². The molecule has 2 N–H and O–H groups in total. The number of nitrogens with two attached hydrogens (primary N) is 1. The van der Waals surface area contributed by atoms with E-state index in [1.807, 2.05) is 0 Å². The first-order valence-corrected chi connectivity index (χ1v) is 5.27. The molecule has 1 rings (SSSR count). The van der Waals surface area contributed by atoms with Gasteiger partial charge in [-0.25, -0.2) is 5.01 Å². The Labute approximate surface area is 89.3 Å². The topological polar surface area (TPSA) is 79.0 Å². The van der Waals surface area contributed by atoms with Crippen LogP contribution in [-0.2, 0) is 4.79 Å². The zero-order chi connectivity index (χ0) is 11.3. The molecule has 0 unspecified atom stereocenters. The number of amides is 1. The molecule has 6 nitrogen and oxygen atoms in total. The third-order valence-corrected chi connectivity index (χ3v) is 2.86. The largest absolute Gasteiger partial charge is 0.368 e. The van der Waals surface area contributed by atoms with E-state index < -0.39 is 5.91 Å². The summed E-state index contributed by atoms with van der Waals surface area (Å²) in [6.07, 6.45) is 5.66. The fourth-order valence-corrected chi connectivity index (χ4v) is 1.98. The lowest BCUT2D eigenvalue weighted by atomic mass is 9.95. The van der Waals surface area contributed by atoms with Gasteiger partial charge in [-0.1, -0.05) is 19.3 Å². The van der Waals surface area contributed by atoms with Crippen molar-refractivity contribution >= 4 is 5.91 Å². The summed E-state index contributed by atoms with van der Waals surface area (Å²) in [6, 6.07) is 0.302. The molecule has 0 aromatic heterocycles. The fraction of sp³-hybridized carbons (Fsp3) is 0.889. The van der Waals surface area contributed by atoms with E-state index in [0.29, 0.717) is 6.04 Å². The standard InChI is InChI=1S/C9H18N4O2/c1-12(8-5-3-2-4-6-8)13(11-15)7-9(10)14/h8H,2-7H2,1H3,(H2,10,14). The van der Waals surface area contributed by atoms with Gasteiger partial charge < -0.3 is 5.73 Å². The molecule has 0 aromatic carbocycles. The van der Waals surface area contributed by atoms with Gasteiger partial charge in [0.15, 0.2) is 0 Å².